The Hall–Kier alpha value is -1.83. The maximum atomic E-state index is 12.6. The number of sulfonamides is 1. The Bertz CT molecular complexity index is 916. The van der Waals surface area contributed by atoms with Gasteiger partial charge < -0.3 is 9.88 Å². The van der Waals surface area contributed by atoms with Crippen molar-refractivity contribution in [2.75, 3.05) is 18.4 Å². The molecule has 1 fully saturated rings. The maximum absolute atomic E-state index is 12.6. The number of aromatic nitrogens is 1. The van der Waals surface area contributed by atoms with E-state index in [4.69, 9.17) is 11.6 Å². The van der Waals surface area contributed by atoms with Gasteiger partial charge in [-0.15, -0.1) is 0 Å². The van der Waals surface area contributed by atoms with Crippen molar-refractivity contribution in [1.29, 1.82) is 0 Å². The lowest BCUT2D eigenvalue weighted by Crippen LogP contribution is -2.41. The molecule has 0 aliphatic carbocycles. The molecule has 6 nitrogen and oxygen atoms in total. The number of nitrogens with zero attached hydrogens (tertiary/aromatic N) is 2. The maximum Gasteiger partial charge on any atom is 0.244 e. The summed E-state index contributed by atoms with van der Waals surface area (Å²) in [5.41, 5.74) is 1.52. The second kappa shape index (κ2) is 7.42. The number of amides is 1. The highest BCUT2D eigenvalue weighted by atomic mass is 35.5. The van der Waals surface area contributed by atoms with Crippen LogP contribution in [0.5, 0.6) is 0 Å². The second-order valence-corrected chi connectivity index (χ2v) is 8.94. The van der Waals surface area contributed by atoms with Crippen LogP contribution in [0.1, 0.15) is 18.4 Å². The molecule has 140 valence electrons. The molecule has 1 aliphatic rings. The topological polar surface area (TPSA) is 71.4 Å². The van der Waals surface area contributed by atoms with Crippen LogP contribution in [0.4, 0.5) is 5.69 Å². The van der Waals surface area contributed by atoms with Gasteiger partial charge in [0.25, 0.3) is 0 Å². The van der Waals surface area contributed by atoms with Crippen LogP contribution in [-0.4, -0.2) is 36.3 Å². The van der Waals surface area contributed by atoms with Gasteiger partial charge >= 0.3 is 0 Å². The van der Waals surface area contributed by atoms with E-state index in [1.54, 1.807) is 42.2 Å². The van der Waals surface area contributed by atoms with E-state index in [1.807, 2.05) is 13.0 Å². The smallest absolute Gasteiger partial charge is 0.244 e. The van der Waals surface area contributed by atoms with Crippen LogP contribution >= 0.6 is 11.6 Å². The fraction of sp³-hybridized carbons (Fsp3) is 0.389. The molecule has 1 N–H and O–H groups in total. The van der Waals surface area contributed by atoms with Crippen LogP contribution < -0.4 is 5.32 Å². The van der Waals surface area contributed by atoms with Gasteiger partial charge in [0.15, 0.2) is 0 Å². The monoisotopic (exact) mass is 395 g/mol. The number of carbonyl (C=O) groups excluding carboxylic acids is 1. The van der Waals surface area contributed by atoms with Crippen molar-refractivity contribution in [3.63, 3.8) is 0 Å². The molecule has 0 spiro atoms. The van der Waals surface area contributed by atoms with Crippen LogP contribution in [-0.2, 0) is 21.9 Å². The molecule has 2 heterocycles. The Morgan fingerprint density at radius 1 is 1.23 bits per heavy atom. The van der Waals surface area contributed by atoms with E-state index in [0.29, 0.717) is 36.6 Å². The number of piperidine rings is 1. The van der Waals surface area contributed by atoms with E-state index in [-0.39, 0.29) is 16.7 Å². The Kier molecular flexibility index (Phi) is 5.41. The summed E-state index contributed by atoms with van der Waals surface area (Å²) in [4.78, 5) is 12.8. The first-order valence-electron chi connectivity index (χ1n) is 8.47. The Morgan fingerprint density at radius 3 is 2.54 bits per heavy atom. The van der Waals surface area contributed by atoms with E-state index < -0.39 is 10.0 Å². The summed E-state index contributed by atoms with van der Waals surface area (Å²) in [6.07, 6.45) is 4.30. The van der Waals surface area contributed by atoms with E-state index in [2.05, 4.69) is 5.32 Å². The van der Waals surface area contributed by atoms with E-state index in [0.717, 1.165) is 5.56 Å². The van der Waals surface area contributed by atoms with Crippen molar-refractivity contribution in [2.24, 2.45) is 13.0 Å². The third-order valence-corrected chi connectivity index (χ3v) is 7.08. The predicted molar refractivity (Wildman–Crippen MR) is 102 cm³/mol. The largest absolute Gasteiger partial charge is 0.356 e. The number of anilines is 1. The molecule has 2 aromatic rings. The minimum absolute atomic E-state index is 0.0906. The average Bonchev–Trinajstić information content (AvgIpc) is 3.06. The van der Waals surface area contributed by atoms with Gasteiger partial charge in [0.1, 0.15) is 0 Å². The summed E-state index contributed by atoms with van der Waals surface area (Å²) < 4.78 is 28.5. The molecule has 0 unspecified atom stereocenters. The summed E-state index contributed by atoms with van der Waals surface area (Å²) in [5.74, 6) is -0.303. The zero-order valence-electron chi connectivity index (χ0n) is 14.8. The number of halogens is 1. The molecule has 1 aliphatic heterocycles. The zero-order chi connectivity index (χ0) is 18.9. The fourth-order valence-corrected chi connectivity index (χ4v) is 4.81. The van der Waals surface area contributed by atoms with Gasteiger partial charge in [-0.25, -0.2) is 8.42 Å². The minimum Gasteiger partial charge on any atom is -0.356 e. The second-order valence-electron chi connectivity index (χ2n) is 6.59. The van der Waals surface area contributed by atoms with Gasteiger partial charge in [-0.2, -0.15) is 4.31 Å². The first-order valence-corrected chi connectivity index (χ1v) is 10.3. The van der Waals surface area contributed by atoms with Gasteiger partial charge in [-0.1, -0.05) is 17.7 Å². The van der Waals surface area contributed by atoms with Gasteiger partial charge in [-0.05, 0) is 43.5 Å². The van der Waals surface area contributed by atoms with Crippen LogP contribution in [0, 0.1) is 12.8 Å². The Morgan fingerprint density at radius 2 is 1.92 bits per heavy atom. The molecule has 0 bridgehead atoms. The summed E-state index contributed by atoms with van der Waals surface area (Å²) >= 11 is 6.09. The molecule has 1 aromatic heterocycles. The van der Waals surface area contributed by atoms with Crippen LogP contribution in [0.2, 0.25) is 5.02 Å². The van der Waals surface area contributed by atoms with Crippen molar-refractivity contribution in [3.05, 3.63) is 47.2 Å². The van der Waals surface area contributed by atoms with Gasteiger partial charge in [0, 0.05) is 49.2 Å². The van der Waals surface area contributed by atoms with Gasteiger partial charge in [-0.3, -0.25) is 4.79 Å². The standard InChI is InChI=1S/C18H22ClN3O3S/c1-13-16(19)4-3-5-17(13)20-18(23)14-6-10-22(11-7-14)26(24,25)15-8-9-21(2)12-15/h3-5,8-9,12,14H,6-7,10-11H2,1-2H3,(H,20,23). The lowest BCUT2D eigenvalue weighted by molar-refractivity contribution is -0.120. The van der Waals surface area contributed by atoms with E-state index in [9.17, 15) is 13.2 Å². The van der Waals surface area contributed by atoms with Crippen molar-refractivity contribution in [3.8, 4) is 0 Å². The third kappa shape index (κ3) is 3.79. The summed E-state index contributed by atoms with van der Waals surface area (Å²) in [6.45, 7) is 2.53. The molecule has 26 heavy (non-hydrogen) atoms. The number of carbonyl (C=O) groups is 1. The lowest BCUT2D eigenvalue weighted by atomic mass is 9.97. The highest BCUT2D eigenvalue weighted by molar-refractivity contribution is 7.89. The third-order valence-electron chi connectivity index (χ3n) is 4.79. The molecular formula is C18H22ClN3O3S. The number of hydrogen-bond donors (Lipinski definition) is 1. The normalized spacial score (nSPS) is 16.6. The Balaban J connectivity index is 1.63. The van der Waals surface area contributed by atoms with E-state index in [1.165, 1.54) is 4.31 Å². The first kappa shape index (κ1) is 18.9. The van der Waals surface area contributed by atoms with Crippen LogP contribution in [0.15, 0.2) is 41.6 Å². The molecule has 1 saturated heterocycles. The SMILES string of the molecule is Cc1c(Cl)cccc1NC(=O)C1CCN(S(=O)(=O)c2ccn(C)c2)CC1. The number of hydrogen-bond acceptors (Lipinski definition) is 3. The van der Waals surface area contributed by atoms with Crippen molar-refractivity contribution < 1.29 is 13.2 Å². The minimum atomic E-state index is -3.50. The zero-order valence-corrected chi connectivity index (χ0v) is 16.3. The Labute approximate surface area is 158 Å². The van der Waals surface area contributed by atoms with E-state index >= 15 is 0 Å². The average molecular weight is 396 g/mol. The molecular weight excluding hydrogens is 374 g/mol. The molecule has 1 aromatic carbocycles. The van der Waals surface area contributed by atoms with Crippen molar-refractivity contribution in [2.45, 2.75) is 24.7 Å². The lowest BCUT2D eigenvalue weighted by Gasteiger charge is -2.30. The molecule has 1 amide bonds. The molecule has 0 radical (unpaired) electrons. The van der Waals surface area contributed by atoms with Crippen molar-refractivity contribution in [1.82, 2.24) is 8.87 Å². The molecule has 0 saturated carbocycles. The molecule has 0 atom stereocenters. The summed E-state index contributed by atoms with van der Waals surface area (Å²) in [5, 5.41) is 3.52. The van der Waals surface area contributed by atoms with Crippen LogP contribution in [0.25, 0.3) is 0 Å². The molecule has 3 rings (SSSR count). The van der Waals surface area contributed by atoms with Gasteiger partial charge in [0.05, 0.1) is 4.90 Å². The van der Waals surface area contributed by atoms with Crippen LogP contribution in [0.3, 0.4) is 0 Å². The molecule has 8 heteroatoms. The number of nitrogens with one attached hydrogen (secondary N) is 1. The highest BCUT2D eigenvalue weighted by Crippen LogP contribution is 2.27. The first-order chi connectivity index (χ1) is 12.3. The number of rotatable bonds is 4. The quantitative estimate of drug-likeness (QED) is 0.864. The number of aryl methyl sites for hydroxylation is 1. The van der Waals surface area contributed by atoms with Gasteiger partial charge in [0.2, 0.25) is 15.9 Å². The fourth-order valence-electron chi connectivity index (χ4n) is 3.12. The summed E-state index contributed by atoms with van der Waals surface area (Å²) in [7, 11) is -1.71. The van der Waals surface area contributed by atoms with Crippen molar-refractivity contribution >= 4 is 33.2 Å². The summed E-state index contributed by atoms with van der Waals surface area (Å²) in [6, 6.07) is 6.98. The highest BCUT2D eigenvalue weighted by Gasteiger charge is 2.32. The predicted octanol–water partition coefficient (Wildman–Crippen LogP) is 3.03. The number of benzene rings is 1.